The van der Waals surface area contributed by atoms with Crippen LogP contribution in [0.2, 0.25) is 0 Å². The number of hydrogen-bond acceptors (Lipinski definition) is 5. The number of aromatic nitrogens is 3. The van der Waals surface area contributed by atoms with Gasteiger partial charge in [0, 0.05) is 12.0 Å². The maximum absolute atomic E-state index is 11.4. The van der Waals surface area contributed by atoms with E-state index < -0.39 is 6.10 Å². The Bertz CT molecular complexity index is 786. The Balaban J connectivity index is 0.00000112. The fourth-order valence-corrected chi connectivity index (χ4v) is 5.26. The highest BCUT2D eigenvalue weighted by Crippen LogP contribution is 2.51. The number of nitrogens with one attached hydrogen (secondary N) is 1. The van der Waals surface area contributed by atoms with E-state index in [-0.39, 0.29) is 36.3 Å². The second kappa shape index (κ2) is 8.67. The predicted molar refractivity (Wildman–Crippen MR) is 113 cm³/mol. The first-order valence-electron chi connectivity index (χ1n) is 9.89. The minimum absolute atomic E-state index is 0. The molecular formula is C20H29Cl2N5O. The zero-order valence-corrected chi connectivity index (χ0v) is 17.6. The molecule has 2 N–H and O–H groups in total. The highest BCUT2D eigenvalue weighted by atomic mass is 35.5. The Labute approximate surface area is 178 Å². The van der Waals surface area contributed by atoms with Crippen LogP contribution in [0, 0.1) is 0 Å². The number of halogens is 2. The lowest BCUT2D eigenvalue weighted by Crippen LogP contribution is -2.47. The molecule has 2 saturated heterocycles. The van der Waals surface area contributed by atoms with E-state index in [0.717, 1.165) is 51.3 Å². The van der Waals surface area contributed by atoms with Crippen molar-refractivity contribution < 1.29 is 5.11 Å². The van der Waals surface area contributed by atoms with Gasteiger partial charge in [0.05, 0.1) is 18.0 Å². The molecular weight excluding hydrogens is 397 g/mol. The molecule has 1 spiro atoms. The molecule has 5 rings (SSSR count). The number of aliphatic hydroxyl groups excluding tert-OH is 1. The van der Waals surface area contributed by atoms with Crippen LogP contribution in [0.1, 0.15) is 48.5 Å². The van der Waals surface area contributed by atoms with Gasteiger partial charge in [-0.2, -0.15) is 0 Å². The van der Waals surface area contributed by atoms with E-state index in [0.29, 0.717) is 0 Å². The van der Waals surface area contributed by atoms with Crippen molar-refractivity contribution in [2.45, 2.75) is 49.8 Å². The lowest BCUT2D eigenvalue weighted by atomic mass is 9.72. The molecule has 0 saturated carbocycles. The molecule has 2 aromatic rings. The highest BCUT2D eigenvalue weighted by molar-refractivity contribution is 5.85. The molecule has 1 aromatic carbocycles. The van der Waals surface area contributed by atoms with E-state index in [2.05, 4.69) is 44.8 Å². The summed E-state index contributed by atoms with van der Waals surface area (Å²) in [6.45, 7) is 5.07. The lowest BCUT2D eigenvalue weighted by Gasteiger charge is -2.38. The van der Waals surface area contributed by atoms with Crippen molar-refractivity contribution in [1.29, 1.82) is 0 Å². The smallest absolute Gasteiger partial charge is 0.106 e. The predicted octanol–water partition coefficient (Wildman–Crippen LogP) is 2.30. The minimum atomic E-state index is -0.455. The number of piperidine rings is 1. The van der Waals surface area contributed by atoms with Gasteiger partial charge in [0.1, 0.15) is 6.04 Å². The monoisotopic (exact) mass is 425 g/mol. The Kier molecular flexibility index (Phi) is 6.67. The number of aliphatic hydroxyl groups is 1. The summed E-state index contributed by atoms with van der Waals surface area (Å²) in [7, 11) is 0. The molecule has 6 nitrogen and oxygen atoms in total. The third-order valence-corrected chi connectivity index (χ3v) is 6.60. The molecule has 154 valence electrons. The van der Waals surface area contributed by atoms with Gasteiger partial charge in [0.2, 0.25) is 0 Å². The van der Waals surface area contributed by atoms with Gasteiger partial charge in [-0.3, -0.25) is 4.90 Å². The zero-order chi connectivity index (χ0) is 17.6. The van der Waals surface area contributed by atoms with Crippen molar-refractivity contribution in [3.63, 3.8) is 0 Å². The molecule has 28 heavy (non-hydrogen) atoms. The third-order valence-electron chi connectivity index (χ3n) is 6.60. The highest BCUT2D eigenvalue weighted by Gasteiger charge is 2.52. The quantitative estimate of drug-likeness (QED) is 0.789. The third kappa shape index (κ3) is 3.46. The summed E-state index contributed by atoms with van der Waals surface area (Å²) in [6, 6.07) is 8.39. The maximum Gasteiger partial charge on any atom is 0.106 e. The molecule has 0 bridgehead atoms. The first kappa shape index (κ1) is 21.5. The standard InChI is InChI=1S/C20H27N5O.2ClH/c26-19-18(25-14-15(22-23-25)13-24-11-3-4-12-24)16-5-1-2-6-17(16)20(19)7-9-21-10-8-20;;/h1-2,5-6,14,18-19,21,26H,3-4,7-13H2;2*1H/t18-,19+;;/m1../s1. The van der Waals surface area contributed by atoms with Gasteiger partial charge in [-0.25, -0.2) is 4.68 Å². The number of fused-ring (bicyclic) bond motifs is 2. The molecule has 2 aliphatic heterocycles. The van der Waals surface area contributed by atoms with E-state index in [9.17, 15) is 5.11 Å². The van der Waals surface area contributed by atoms with Crippen LogP contribution in [0.15, 0.2) is 30.5 Å². The maximum atomic E-state index is 11.4. The first-order valence-corrected chi connectivity index (χ1v) is 9.89. The molecule has 3 heterocycles. The normalized spacial score (nSPS) is 25.9. The van der Waals surface area contributed by atoms with Gasteiger partial charge in [0.15, 0.2) is 0 Å². The fourth-order valence-electron chi connectivity index (χ4n) is 5.26. The summed E-state index contributed by atoms with van der Waals surface area (Å²) < 4.78 is 1.91. The van der Waals surface area contributed by atoms with Crippen LogP contribution in [0.25, 0.3) is 0 Å². The Morgan fingerprint density at radius 1 is 1.11 bits per heavy atom. The van der Waals surface area contributed by atoms with Crippen LogP contribution in [-0.2, 0) is 12.0 Å². The van der Waals surface area contributed by atoms with Gasteiger partial charge in [0.25, 0.3) is 0 Å². The molecule has 0 amide bonds. The minimum Gasteiger partial charge on any atom is -0.390 e. The van der Waals surface area contributed by atoms with Crippen LogP contribution in [-0.4, -0.2) is 57.3 Å². The summed E-state index contributed by atoms with van der Waals surface area (Å²) in [5.41, 5.74) is 3.35. The lowest BCUT2D eigenvalue weighted by molar-refractivity contribution is 0.0421. The Morgan fingerprint density at radius 3 is 2.57 bits per heavy atom. The number of hydrogen-bond donors (Lipinski definition) is 2. The van der Waals surface area contributed by atoms with E-state index in [1.54, 1.807) is 0 Å². The average Bonchev–Trinajstić information content (AvgIpc) is 3.39. The molecule has 2 fully saturated rings. The summed E-state index contributed by atoms with van der Waals surface area (Å²) in [6.07, 6.45) is 6.08. The van der Waals surface area contributed by atoms with E-state index in [4.69, 9.17) is 0 Å². The number of likely N-dealkylation sites (tertiary alicyclic amines) is 1. The number of rotatable bonds is 3. The van der Waals surface area contributed by atoms with Crippen LogP contribution in [0.3, 0.4) is 0 Å². The van der Waals surface area contributed by atoms with E-state index in [1.807, 2.05) is 10.9 Å². The fraction of sp³-hybridized carbons (Fsp3) is 0.600. The van der Waals surface area contributed by atoms with Gasteiger partial charge in [-0.05, 0) is 63.0 Å². The van der Waals surface area contributed by atoms with Gasteiger partial charge in [-0.15, -0.1) is 29.9 Å². The summed E-state index contributed by atoms with van der Waals surface area (Å²) in [5.74, 6) is 0. The van der Waals surface area contributed by atoms with Crippen molar-refractivity contribution in [3.8, 4) is 0 Å². The van der Waals surface area contributed by atoms with Gasteiger partial charge < -0.3 is 10.4 Å². The molecule has 3 aliphatic rings. The topological polar surface area (TPSA) is 66.2 Å². The summed E-state index contributed by atoms with van der Waals surface area (Å²) in [5, 5.41) is 23.7. The van der Waals surface area contributed by atoms with Crippen LogP contribution in [0.4, 0.5) is 0 Å². The molecule has 1 aliphatic carbocycles. The van der Waals surface area contributed by atoms with Crippen molar-refractivity contribution in [2.75, 3.05) is 26.2 Å². The summed E-state index contributed by atoms with van der Waals surface area (Å²) in [4.78, 5) is 2.43. The van der Waals surface area contributed by atoms with E-state index >= 15 is 0 Å². The van der Waals surface area contributed by atoms with Crippen molar-refractivity contribution in [1.82, 2.24) is 25.2 Å². The Morgan fingerprint density at radius 2 is 1.82 bits per heavy atom. The van der Waals surface area contributed by atoms with Gasteiger partial charge >= 0.3 is 0 Å². The number of nitrogens with zero attached hydrogens (tertiary/aromatic N) is 4. The average molecular weight is 426 g/mol. The number of benzene rings is 1. The van der Waals surface area contributed by atoms with Crippen molar-refractivity contribution >= 4 is 24.8 Å². The first-order chi connectivity index (χ1) is 12.8. The second-order valence-electron chi connectivity index (χ2n) is 8.06. The largest absolute Gasteiger partial charge is 0.390 e. The SMILES string of the molecule is Cl.Cl.O[C@H]1[C@H](n2cc(CN3CCCC3)nn2)c2ccccc2C12CCNCC2. The van der Waals surface area contributed by atoms with Crippen LogP contribution >= 0.6 is 24.8 Å². The molecule has 8 heteroatoms. The summed E-state index contributed by atoms with van der Waals surface area (Å²) >= 11 is 0. The molecule has 2 atom stereocenters. The van der Waals surface area contributed by atoms with Crippen LogP contribution < -0.4 is 5.32 Å². The van der Waals surface area contributed by atoms with Crippen molar-refractivity contribution in [2.24, 2.45) is 0 Å². The second-order valence-corrected chi connectivity index (χ2v) is 8.06. The van der Waals surface area contributed by atoms with E-state index in [1.165, 1.54) is 24.0 Å². The van der Waals surface area contributed by atoms with Gasteiger partial charge in [-0.1, -0.05) is 29.5 Å². The van der Waals surface area contributed by atoms with Crippen LogP contribution in [0.5, 0.6) is 0 Å². The zero-order valence-electron chi connectivity index (χ0n) is 16.0. The molecule has 0 radical (unpaired) electrons. The van der Waals surface area contributed by atoms with Crippen molar-refractivity contribution in [3.05, 3.63) is 47.3 Å². The molecule has 1 aromatic heterocycles. The Hall–Kier alpha value is -1.18. The molecule has 0 unspecified atom stereocenters.